The van der Waals surface area contributed by atoms with Gasteiger partial charge in [-0.2, -0.15) is 0 Å². The molecule has 130 valence electrons. The van der Waals surface area contributed by atoms with Gasteiger partial charge in [-0.15, -0.1) is 0 Å². The molecule has 0 atom stereocenters. The summed E-state index contributed by atoms with van der Waals surface area (Å²) in [6.45, 7) is 6.19. The highest BCUT2D eigenvalue weighted by atomic mass is 35.5. The molecule has 1 N–H and O–H groups in total. The Morgan fingerprint density at radius 3 is 2.32 bits per heavy atom. The number of rotatable bonds is 2. The number of phenolic OH excluding ortho intramolecular Hbond substituents is 1. The second kappa shape index (κ2) is 6.00. The lowest BCUT2D eigenvalue weighted by Crippen LogP contribution is -2.11. The van der Waals surface area contributed by atoms with Crippen molar-refractivity contribution in [2.75, 3.05) is 0 Å². The zero-order chi connectivity index (χ0) is 18.4. The minimum Gasteiger partial charge on any atom is -0.504 e. The van der Waals surface area contributed by atoms with Gasteiger partial charge in [-0.1, -0.05) is 44.5 Å². The van der Waals surface area contributed by atoms with Crippen molar-refractivity contribution in [1.82, 2.24) is 4.98 Å². The van der Waals surface area contributed by atoms with Gasteiger partial charge in [0.05, 0.1) is 14.8 Å². The predicted molar refractivity (Wildman–Crippen MR) is 99.0 cm³/mol. The Hall–Kier alpha value is -2.11. The van der Waals surface area contributed by atoms with Gasteiger partial charge < -0.3 is 5.11 Å². The molecule has 25 heavy (non-hydrogen) atoms. The highest BCUT2D eigenvalue weighted by Gasteiger charge is 2.24. The molecule has 0 spiro atoms. The average molecular weight is 376 g/mol. The highest BCUT2D eigenvalue weighted by molar-refractivity contribution is 7.91. The van der Waals surface area contributed by atoms with Crippen molar-refractivity contribution >= 4 is 32.3 Å². The fraction of sp³-hybridized carbons (Fsp3) is 0.211. The fourth-order valence-electron chi connectivity index (χ4n) is 2.65. The molecule has 0 unspecified atom stereocenters. The Balaban J connectivity index is 2.22. The van der Waals surface area contributed by atoms with Crippen molar-refractivity contribution in [2.45, 2.75) is 36.0 Å². The van der Waals surface area contributed by atoms with Gasteiger partial charge in [-0.25, -0.2) is 8.42 Å². The van der Waals surface area contributed by atoms with Crippen LogP contribution in [0, 0.1) is 0 Å². The van der Waals surface area contributed by atoms with Crippen LogP contribution in [0.2, 0.25) is 5.02 Å². The van der Waals surface area contributed by atoms with Gasteiger partial charge in [-0.05, 0) is 41.3 Å². The molecular formula is C19H18ClNO3S. The van der Waals surface area contributed by atoms with Crippen molar-refractivity contribution < 1.29 is 13.5 Å². The van der Waals surface area contributed by atoms with Gasteiger partial charge in [0.1, 0.15) is 5.52 Å². The first-order chi connectivity index (χ1) is 11.6. The second-order valence-electron chi connectivity index (χ2n) is 6.88. The van der Waals surface area contributed by atoms with Crippen LogP contribution in [-0.2, 0) is 15.3 Å². The summed E-state index contributed by atoms with van der Waals surface area (Å²) in [6.07, 6.45) is 1.48. The van der Waals surface area contributed by atoms with Crippen LogP contribution in [0.4, 0.5) is 0 Å². The van der Waals surface area contributed by atoms with E-state index >= 15 is 0 Å². The van der Waals surface area contributed by atoms with Crippen molar-refractivity contribution in [2.24, 2.45) is 0 Å². The number of benzene rings is 2. The quantitative estimate of drug-likeness (QED) is 0.703. The topological polar surface area (TPSA) is 67.3 Å². The molecule has 3 aromatic rings. The third kappa shape index (κ3) is 3.10. The van der Waals surface area contributed by atoms with E-state index in [1.165, 1.54) is 12.3 Å². The standard InChI is InChI=1S/C19H18ClNO3S/c1-19(2,3)12-6-8-13(9-7-12)25(23,24)16-11-15(20)18(22)17-14(16)5-4-10-21-17/h4-11,22H,1-3H3. The highest BCUT2D eigenvalue weighted by Crippen LogP contribution is 2.37. The largest absolute Gasteiger partial charge is 0.504 e. The summed E-state index contributed by atoms with van der Waals surface area (Å²) in [7, 11) is -3.80. The molecule has 0 aliphatic carbocycles. The molecule has 0 saturated carbocycles. The lowest BCUT2D eigenvalue weighted by Gasteiger charge is -2.19. The minimum atomic E-state index is -3.80. The Morgan fingerprint density at radius 1 is 1.08 bits per heavy atom. The van der Waals surface area contributed by atoms with Crippen LogP contribution in [0.1, 0.15) is 26.3 Å². The third-order valence-electron chi connectivity index (χ3n) is 4.10. The van der Waals surface area contributed by atoms with Gasteiger partial charge in [0.25, 0.3) is 0 Å². The first-order valence-electron chi connectivity index (χ1n) is 7.74. The van der Waals surface area contributed by atoms with Crippen LogP contribution in [0.3, 0.4) is 0 Å². The molecule has 0 aliphatic rings. The number of fused-ring (bicyclic) bond motifs is 1. The Morgan fingerprint density at radius 2 is 1.72 bits per heavy atom. The maximum Gasteiger partial charge on any atom is 0.207 e. The Bertz CT molecular complexity index is 1050. The van der Waals surface area contributed by atoms with Crippen LogP contribution in [0.5, 0.6) is 5.75 Å². The number of sulfone groups is 1. The van der Waals surface area contributed by atoms with E-state index in [0.717, 1.165) is 5.56 Å². The summed E-state index contributed by atoms with van der Waals surface area (Å²) in [4.78, 5) is 4.26. The summed E-state index contributed by atoms with van der Waals surface area (Å²) in [5.74, 6) is -0.223. The molecule has 2 aromatic carbocycles. The molecule has 4 nitrogen and oxygen atoms in total. The maximum atomic E-state index is 13.1. The molecule has 0 aliphatic heterocycles. The van der Waals surface area contributed by atoms with Crippen LogP contribution < -0.4 is 0 Å². The Kier molecular flexibility index (Phi) is 4.25. The van der Waals surface area contributed by atoms with Crippen molar-refractivity contribution in [1.29, 1.82) is 0 Å². The zero-order valence-corrected chi connectivity index (χ0v) is 15.7. The van der Waals surface area contributed by atoms with E-state index in [1.807, 2.05) is 12.1 Å². The monoisotopic (exact) mass is 375 g/mol. The molecule has 0 fully saturated rings. The average Bonchev–Trinajstić information content (AvgIpc) is 2.57. The van der Waals surface area contributed by atoms with E-state index in [2.05, 4.69) is 25.8 Å². The van der Waals surface area contributed by atoms with Crippen molar-refractivity contribution in [3.05, 3.63) is 59.2 Å². The number of halogens is 1. The van der Waals surface area contributed by atoms with Gasteiger partial charge in [0.15, 0.2) is 5.75 Å². The van der Waals surface area contributed by atoms with Crippen LogP contribution in [0.25, 0.3) is 10.9 Å². The van der Waals surface area contributed by atoms with Gasteiger partial charge in [0, 0.05) is 11.6 Å². The third-order valence-corrected chi connectivity index (χ3v) is 6.20. The SMILES string of the molecule is CC(C)(C)c1ccc(S(=O)(=O)c2cc(Cl)c(O)c3ncccc23)cc1. The number of aromatic nitrogens is 1. The van der Waals surface area contributed by atoms with E-state index < -0.39 is 9.84 Å². The molecule has 0 bridgehead atoms. The molecule has 0 radical (unpaired) electrons. The predicted octanol–water partition coefficient (Wildman–Crippen LogP) is 4.72. The lowest BCUT2D eigenvalue weighted by molar-refractivity contribution is 0.480. The summed E-state index contributed by atoms with van der Waals surface area (Å²) in [6, 6.07) is 11.3. The molecule has 0 saturated heterocycles. The van der Waals surface area contributed by atoms with Crippen LogP contribution in [0.15, 0.2) is 58.5 Å². The smallest absolute Gasteiger partial charge is 0.207 e. The minimum absolute atomic E-state index is 0.0295. The lowest BCUT2D eigenvalue weighted by atomic mass is 9.87. The number of hydrogen-bond acceptors (Lipinski definition) is 4. The maximum absolute atomic E-state index is 13.1. The molecule has 1 heterocycles. The summed E-state index contributed by atoms with van der Waals surface area (Å²) in [5, 5.41) is 10.3. The van der Waals surface area contributed by atoms with E-state index in [-0.39, 0.29) is 31.5 Å². The zero-order valence-electron chi connectivity index (χ0n) is 14.1. The normalized spacial score (nSPS) is 12.5. The van der Waals surface area contributed by atoms with Crippen molar-refractivity contribution in [3.8, 4) is 5.75 Å². The molecule has 3 rings (SSSR count). The van der Waals surface area contributed by atoms with E-state index in [4.69, 9.17) is 11.6 Å². The number of pyridine rings is 1. The molecule has 1 aromatic heterocycles. The summed E-state index contributed by atoms with van der Waals surface area (Å²) in [5.41, 5.74) is 1.14. The first-order valence-corrected chi connectivity index (χ1v) is 9.60. The van der Waals surface area contributed by atoms with E-state index in [9.17, 15) is 13.5 Å². The number of nitrogens with zero attached hydrogens (tertiary/aromatic N) is 1. The molecular weight excluding hydrogens is 358 g/mol. The number of hydrogen-bond donors (Lipinski definition) is 1. The van der Waals surface area contributed by atoms with Crippen LogP contribution >= 0.6 is 11.6 Å². The second-order valence-corrected chi connectivity index (χ2v) is 9.21. The first kappa shape index (κ1) is 17.7. The molecule has 0 amide bonds. The summed E-state index contributed by atoms with van der Waals surface area (Å²) >= 11 is 6.02. The number of phenols is 1. The molecule has 6 heteroatoms. The fourth-order valence-corrected chi connectivity index (χ4v) is 4.39. The van der Waals surface area contributed by atoms with Crippen LogP contribution in [-0.4, -0.2) is 18.5 Å². The van der Waals surface area contributed by atoms with Gasteiger partial charge in [-0.3, -0.25) is 4.98 Å². The van der Waals surface area contributed by atoms with E-state index in [0.29, 0.717) is 5.39 Å². The Labute approximate surface area is 152 Å². The van der Waals surface area contributed by atoms with Crippen molar-refractivity contribution in [3.63, 3.8) is 0 Å². The summed E-state index contributed by atoms with van der Waals surface area (Å²) < 4.78 is 26.2. The number of aromatic hydroxyl groups is 1. The van der Waals surface area contributed by atoms with E-state index in [1.54, 1.807) is 24.3 Å². The van der Waals surface area contributed by atoms with Gasteiger partial charge >= 0.3 is 0 Å². The van der Waals surface area contributed by atoms with Gasteiger partial charge in [0.2, 0.25) is 9.84 Å².